The minimum absolute atomic E-state index is 0.0256. The average Bonchev–Trinajstić information content (AvgIpc) is 3.07. The van der Waals surface area contributed by atoms with Gasteiger partial charge in [-0.1, -0.05) is 19.3 Å². The number of hydrogen-bond donors (Lipinski definition) is 2. The summed E-state index contributed by atoms with van der Waals surface area (Å²) in [5.41, 5.74) is 0.207. The fourth-order valence-electron chi connectivity index (χ4n) is 2.75. The third kappa shape index (κ3) is 4.39. The average molecular weight is 365 g/mol. The number of benzene rings is 1. The van der Waals surface area contributed by atoms with E-state index in [0.717, 1.165) is 49.2 Å². The van der Waals surface area contributed by atoms with E-state index in [4.69, 9.17) is 0 Å². The lowest BCUT2D eigenvalue weighted by Crippen LogP contribution is -2.36. The minimum Gasteiger partial charge on any atom is -0.348 e. The summed E-state index contributed by atoms with van der Waals surface area (Å²) in [5.74, 6) is -3.00. The van der Waals surface area contributed by atoms with E-state index < -0.39 is 17.5 Å². The molecule has 0 unspecified atom stereocenters. The van der Waals surface area contributed by atoms with E-state index in [-0.39, 0.29) is 28.3 Å². The van der Waals surface area contributed by atoms with Crippen LogP contribution in [0.25, 0.3) is 0 Å². The van der Waals surface area contributed by atoms with Gasteiger partial charge >= 0.3 is 0 Å². The van der Waals surface area contributed by atoms with Gasteiger partial charge in [0.15, 0.2) is 16.8 Å². The largest absolute Gasteiger partial charge is 0.348 e. The van der Waals surface area contributed by atoms with Gasteiger partial charge in [-0.25, -0.2) is 13.8 Å². The van der Waals surface area contributed by atoms with Crippen molar-refractivity contribution in [1.29, 1.82) is 0 Å². The predicted octanol–water partition coefficient (Wildman–Crippen LogP) is 3.74. The number of nitrogens with one attached hydrogen (secondary N) is 2. The van der Waals surface area contributed by atoms with E-state index in [0.29, 0.717) is 0 Å². The maximum atomic E-state index is 13.2. The Morgan fingerprint density at radius 1 is 1.08 bits per heavy atom. The highest BCUT2D eigenvalue weighted by molar-refractivity contribution is 7.14. The third-order valence-corrected chi connectivity index (χ3v) is 4.84. The fraction of sp³-hybridized carbons (Fsp3) is 0.353. The molecule has 0 radical (unpaired) electrons. The molecule has 0 spiro atoms. The normalized spacial score (nSPS) is 15.0. The number of amides is 2. The molecule has 132 valence electrons. The van der Waals surface area contributed by atoms with Crippen molar-refractivity contribution in [3.63, 3.8) is 0 Å². The molecular weight excluding hydrogens is 348 g/mol. The first-order valence-corrected chi connectivity index (χ1v) is 8.93. The van der Waals surface area contributed by atoms with Gasteiger partial charge in [0, 0.05) is 17.0 Å². The molecule has 2 aromatic rings. The predicted molar refractivity (Wildman–Crippen MR) is 90.8 cm³/mol. The zero-order chi connectivity index (χ0) is 17.8. The molecule has 3 rings (SSSR count). The molecule has 25 heavy (non-hydrogen) atoms. The lowest BCUT2D eigenvalue weighted by molar-refractivity contribution is 0.0922. The Labute approximate surface area is 147 Å². The van der Waals surface area contributed by atoms with E-state index in [1.807, 2.05) is 0 Å². The van der Waals surface area contributed by atoms with Gasteiger partial charge in [-0.2, -0.15) is 0 Å². The number of carbonyl (C=O) groups is 2. The first-order valence-electron chi connectivity index (χ1n) is 8.06. The molecule has 0 aliphatic heterocycles. The lowest BCUT2D eigenvalue weighted by Gasteiger charge is -2.22. The Morgan fingerprint density at radius 2 is 1.84 bits per heavy atom. The Balaban J connectivity index is 1.61. The zero-order valence-corrected chi connectivity index (χ0v) is 14.2. The minimum atomic E-state index is -1.10. The monoisotopic (exact) mass is 365 g/mol. The van der Waals surface area contributed by atoms with Crippen molar-refractivity contribution in [1.82, 2.24) is 10.3 Å². The van der Waals surface area contributed by atoms with Crippen LogP contribution >= 0.6 is 11.3 Å². The number of anilines is 1. The molecule has 1 heterocycles. The molecule has 1 fully saturated rings. The fourth-order valence-corrected chi connectivity index (χ4v) is 3.43. The van der Waals surface area contributed by atoms with Crippen LogP contribution in [0.4, 0.5) is 13.9 Å². The summed E-state index contributed by atoms with van der Waals surface area (Å²) in [6.07, 6.45) is 5.35. The Bertz CT molecular complexity index is 788. The quantitative estimate of drug-likeness (QED) is 0.867. The summed E-state index contributed by atoms with van der Waals surface area (Å²) < 4.78 is 26.1. The molecule has 0 atom stereocenters. The standard InChI is InChI=1S/C17H17F2N3O2S/c18-12-7-6-10(8-13(12)19)15(23)22-17-21-14(9-25-17)16(24)20-11-4-2-1-3-5-11/h6-9,11H,1-5H2,(H,20,24)(H,21,22,23). The second-order valence-electron chi connectivity index (χ2n) is 5.93. The summed E-state index contributed by atoms with van der Waals surface area (Å²) >= 11 is 1.10. The van der Waals surface area contributed by atoms with Gasteiger partial charge in [-0.3, -0.25) is 14.9 Å². The first kappa shape index (κ1) is 17.5. The molecular formula is C17H17F2N3O2S. The van der Waals surface area contributed by atoms with Crippen LogP contribution in [0.5, 0.6) is 0 Å². The molecule has 2 amide bonds. The van der Waals surface area contributed by atoms with Crippen molar-refractivity contribution >= 4 is 28.3 Å². The first-order chi connectivity index (χ1) is 12.0. The summed E-state index contributed by atoms with van der Waals surface area (Å²) in [7, 11) is 0. The van der Waals surface area contributed by atoms with Crippen molar-refractivity contribution in [2.24, 2.45) is 0 Å². The second-order valence-corrected chi connectivity index (χ2v) is 6.79. The topological polar surface area (TPSA) is 71.1 Å². The highest BCUT2D eigenvalue weighted by Crippen LogP contribution is 2.20. The van der Waals surface area contributed by atoms with Crippen LogP contribution in [0.3, 0.4) is 0 Å². The number of nitrogens with zero attached hydrogens (tertiary/aromatic N) is 1. The van der Waals surface area contributed by atoms with Crippen LogP contribution in [0.1, 0.15) is 53.0 Å². The molecule has 8 heteroatoms. The van der Waals surface area contributed by atoms with Crippen LogP contribution in [-0.4, -0.2) is 22.8 Å². The second kappa shape index (κ2) is 7.69. The van der Waals surface area contributed by atoms with Crippen LogP contribution in [-0.2, 0) is 0 Å². The molecule has 5 nitrogen and oxygen atoms in total. The smallest absolute Gasteiger partial charge is 0.271 e. The third-order valence-electron chi connectivity index (χ3n) is 4.08. The Hall–Kier alpha value is -2.35. The zero-order valence-electron chi connectivity index (χ0n) is 13.4. The number of carbonyl (C=O) groups excluding carboxylic acids is 2. The van der Waals surface area contributed by atoms with Crippen LogP contribution in [0, 0.1) is 11.6 Å². The van der Waals surface area contributed by atoms with Crippen LogP contribution in [0.15, 0.2) is 23.6 Å². The van der Waals surface area contributed by atoms with Gasteiger partial charge in [-0.05, 0) is 31.0 Å². The number of halogens is 2. The van der Waals surface area contributed by atoms with E-state index in [2.05, 4.69) is 15.6 Å². The molecule has 1 saturated carbocycles. The van der Waals surface area contributed by atoms with Crippen LogP contribution < -0.4 is 10.6 Å². The van der Waals surface area contributed by atoms with E-state index in [1.54, 1.807) is 5.38 Å². The van der Waals surface area contributed by atoms with Gasteiger partial charge in [0.05, 0.1) is 0 Å². The van der Waals surface area contributed by atoms with Gasteiger partial charge in [-0.15, -0.1) is 11.3 Å². The summed E-state index contributed by atoms with van der Waals surface area (Å²) in [6, 6.07) is 3.05. The van der Waals surface area contributed by atoms with Gasteiger partial charge in [0.2, 0.25) is 0 Å². The van der Waals surface area contributed by atoms with Crippen LogP contribution in [0.2, 0.25) is 0 Å². The number of rotatable bonds is 4. The number of thiazole rings is 1. The molecule has 1 aromatic heterocycles. The van der Waals surface area contributed by atoms with Crippen molar-refractivity contribution in [2.45, 2.75) is 38.1 Å². The van der Waals surface area contributed by atoms with Crippen molar-refractivity contribution in [2.75, 3.05) is 5.32 Å². The Kier molecular flexibility index (Phi) is 5.37. The maximum absolute atomic E-state index is 13.2. The van der Waals surface area contributed by atoms with Gasteiger partial charge in [0.1, 0.15) is 5.69 Å². The van der Waals surface area contributed by atoms with Crippen molar-refractivity contribution in [3.8, 4) is 0 Å². The number of hydrogen-bond acceptors (Lipinski definition) is 4. The molecule has 1 aromatic carbocycles. The van der Waals surface area contributed by atoms with E-state index in [9.17, 15) is 18.4 Å². The van der Waals surface area contributed by atoms with E-state index >= 15 is 0 Å². The summed E-state index contributed by atoms with van der Waals surface area (Å²) in [6.45, 7) is 0. The number of aromatic nitrogens is 1. The van der Waals surface area contributed by atoms with E-state index in [1.165, 1.54) is 12.5 Å². The summed E-state index contributed by atoms with van der Waals surface area (Å²) in [5, 5.41) is 7.21. The summed E-state index contributed by atoms with van der Waals surface area (Å²) in [4.78, 5) is 28.3. The van der Waals surface area contributed by atoms with Gasteiger partial charge in [0.25, 0.3) is 11.8 Å². The maximum Gasteiger partial charge on any atom is 0.271 e. The molecule has 2 N–H and O–H groups in total. The SMILES string of the molecule is O=C(Nc1nc(C(=O)NC2CCCCC2)cs1)c1ccc(F)c(F)c1. The molecule has 1 aliphatic carbocycles. The lowest BCUT2D eigenvalue weighted by atomic mass is 9.95. The Morgan fingerprint density at radius 3 is 2.56 bits per heavy atom. The highest BCUT2D eigenvalue weighted by atomic mass is 32.1. The van der Waals surface area contributed by atoms with Crippen molar-refractivity contribution in [3.05, 3.63) is 46.5 Å². The highest BCUT2D eigenvalue weighted by Gasteiger charge is 2.19. The molecule has 0 saturated heterocycles. The molecule has 1 aliphatic rings. The van der Waals surface area contributed by atoms with Crippen molar-refractivity contribution < 1.29 is 18.4 Å². The molecule has 0 bridgehead atoms. The van der Waals surface area contributed by atoms with Gasteiger partial charge < -0.3 is 5.32 Å².